The number of aromatic nitrogens is 2. The number of carboxylic acids is 1. The van der Waals surface area contributed by atoms with E-state index in [4.69, 9.17) is 5.11 Å². The Morgan fingerprint density at radius 2 is 2.31 bits per heavy atom. The van der Waals surface area contributed by atoms with Crippen LogP contribution in [0.4, 0.5) is 0 Å². The molecule has 0 fully saturated rings. The number of fused-ring (bicyclic) bond motifs is 1. The zero-order valence-electron chi connectivity index (χ0n) is 8.56. The van der Waals surface area contributed by atoms with E-state index in [1.807, 2.05) is 22.6 Å². The van der Waals surface area contributed by atoms with Gasteiger partial charge in [-0.2, -0.15) is 0 Å². The Morgan fingerprint density at radius 1 is 1.50 bits per heavy atom. The lowest BCUT2D eigenvalue weighted by Gasteiger charge is -2.02. The van der Waals surface area contributed by atoms with Crippen LogP contribution in [0.25, 0.3) is 5.52 Å². The van der Waals surface area contributed by atoms with Gasteiger partial charge in [-0.05, 0) is 34.5 Å². The van der Waals surface area contributed by atoms with Gasteiger partial charge in [-0.1, -0.05) is 6.07 Å². The van der Waals surface area contributed by atoms with Crippen LogP contribution in [0.5, 0.6) is 0 Å². The van der Waals surface area contributed by atoms with Gasteiger partial charge in [0.2, 0.25) is 0 Å². The van der Waals surface area contributed by atoms with E-state index in [0.29, 0.717) is 12.8 Å². The van der Waals surface area contributed by atoms with Gasteiger partial charge in [-0.25, -0.2) is 4.98 Å². The number of aryl methyl sites for hydroxylation is 1. The number of hydrogen-bond acceptors (Lipinski definition) is 2. The van der Waals surface area contributed by atoms with Crippen LogP contribution in [0.3, 0.4) is 0 Å². The number of carboxylic acid groups (broad SMARTS) is 1. The van der Waals surface area contributed by atoms with Crippen molar-refractivity contribution in [2.24, 2.45) is 0 Å². The van der Waals surface area contributed by atoms with E-state index in [9.17, 15) is 4.79 Å². The van der Waals surface area contributed by atoms with Crippen LogP contribution < -0.4 is 0 Å². The van der Waals surface area contributed by atoms with Gasteiger partial charge in [0.25, 0.3) is 0 Å². The Labute approximate surface area is 101 Å². The van der Waals surface area contributed by atoms with Crippen molar-refractivity contribution in [3.63, 3.8) is 0 Å². The second-order valence-corrected chi connectivity index (χ2v) is 4.34. The van der Waals surface area contributed by atoms with Crippen LogP contribution >= 0.6 is 15.9 Å². The molecule has 2 rings (SSSR count). The first-order valence-electron chi connectivity index (χ1n) is 5.01. The average molecular weight is 283 g/mol. The Kier molecular flexibility index (Phi) is 3.24. The minimum absolute atomic E-state index is 0.180. The number of halogens is 1. The van der Waals surface area contributed by atoms with Crippen LogP contribution in [-0.4, -0.2) is 20.5 Å². The smallest absolute Gasteiger partial charge is 0.303 e. The highest BCUT2D eigenvalue weighted by Gasteiger charge is 2.06. The van der Waals surface area contributed by atoms with Crippen molar-refractivity contribution in [2.45, 2.75) is 19.3 Å². The third-order valence-electron chi connectivity index (χ3n) is 2.37. The van der Waals surface area contributed by atoms with Gasteiger partial charge in [-0.15, -0.1) is 0 Å². The Morgan fingerprint density at radius 3 is 3.06 bits per heavy atom. The predicted molar refractivity (Wildman–Crippen MR) is 63.5 cm³/mol. The molecule has 2 aromatic rings. The topological polar surface area (TPSA) is 54.6 Å². The van der Waals surface area contributed by atoms with E-state index in [2.05, 4.69) is 20.9 Å². The summed E-state index contributed by atoms with van der Waals surface area (Å²) in [5.74, 6) is 0.128. The molecule has 0 aliphatic carbocycles. The van der Waals surface area contributed by atoms with Crippen LogP contribution in [0.1, 0.15) is 18.7 Å². The van der Waals surface area contributed by atoms with E-state index in [0.717, 1.165) is 15.9 Å². The van der Waals surface area contributed by atoms with Crippen molar-refractivity contribution in [1.82, 2.24) is 9.38 Å². The fourth-order valence-electron chi connectivity index (χ4n) is 1.64. The molecule has 0 aromatic carbocycles. The van der Waals surface area contributed by atoms with E-state index in [1.165, 1.54) is 0 Å². The Hall–Kier alpha value is -1.36. The molecule has 0 atom stereocenters. The molecular weight excluding hydrogens is 272 g/mol. The number of nitrogens with zero attached hydrogens (tertiary/aromatic N) is 2. The third-order valence-corrected chi connectivity index (χ3v) is 2.99. The monoisotopic (exact) mass is 282 g/mol. The summed E-state index contributed by atoms with van der Waals surface area (Å²) in [5.41, 5.74) is 1.01. The van der Waals surface area contributed by atoms with E-state index in [1.54, 1.807) is 6.20 Å². The zero-order valence-corrected chi connectivity index (χ0v) is 10.1. The van der Waals surface area contributed by atoms with Crippen LogP contribution in [-0.2, 0) is 11.2 Å². The van der Waals surface area contributed by atoms with Gasteiger partial charge >= 0.3 is 5.97 Å². The molecule has 0 aliphatic heterocycles. The number of aliphatic carboxylic acids is 1. The summed E-state index contributed by atoms with van der Waals surface area (Å²) >= 11 is 3.45. The molecule has 0 saturated carbocycles. The molecule has 0 aliphatic rings. The zero-order chi connectivity index (χ0) is 11.5. The molecule has 84 valence electrons. The molecule has 0 bridgehead atoms. The summed E-state index contributed by atoms with van der Waals surface area (Å²) in [6.45, 7) is 0. The Bertz CT molecular complexity index is 522. The normalized spacial score (nSPS) is 10.8. The lowest BCUT2D eigenvalue weighted by Crippen LogP contribution is -2.00. The summed E-state index contributed by atoms with van der Waals surface area (Å²) in [5, 5.41) is 8.57. The maximum absolute atomic E-state index is 10.4. The molecule has 2 heterocycles. The number of rotatable bonds is 4. The molecule has 0 saturated heterocycles. The summed E-state index contributed by atoms with van der Waals surface area (Å²) < 4.78 is 2.93. The molecule has 0 unspecified atom stereocenters. The highest BCUT2D eigenvalue weighted by Crippen LogP contribution is 2.17. The molecule has 1 N–H and O–H groups in total. The molecule has 0 amide bonds. The van der Waals surface area contributed by atoms with Gasteiger partial charge in [0.1, 0.15) is 5.82 Å². The SMILES string of the molecule is O=C(O)CCCc1ncc2cccc(Br)n12. The summed E-state index contributed by atoms with van der Waals surface area (Å²) in [7, 11) is 0. The second kappa shape index (κ2) is 4.65. The summed E-state index contributed by atoms with van der Waals surface area (Å²) in [6, 6.07) is 5.86. The van der Waals surface area contributed by atoms with E-state index >= 15 is 0 Å². The summed E-state index contributed by atoms with van der Waals surface area (Å²) in [6.07, 6.45) is 3.25. The van der Waals surface area contributed by atoms with Crippen LogP contribution in [0.15, 0.2) is 29.0 Å². The quantitative estimate of drug-likeness (QED) is 0.877. The van der Waals surface area contributed by atoms with Crippen molar-refractivity contribution in [3.05, 3.63) is 34.8 Å². The van der Waals surface area contributed by atoms with Crippen LogP contribution in [0.2, 0.25) is 0 Å². The second-order valence-electron chi connectivity index (χ2n) is 3.53. The Balaban J connectivity index is 2.21. The number of imidazole rings is 1. The van der Waals surface area contributed by atoms with Crippen molar-refractivity contribution < 1.29 is 9.90 Å². The maximum Gasteiger partial charge on any atom is 0.303 e. The molecule has 4 nitrogen and oxygen atoms in total. The van der Waals surface area contributed by atoms with Gasteiger partial charge in [-0.3, -0.25) is 9.20 Å². The standard InChI is InChI=1S/C11H11BrN2O2/c12-9-4-1-3-8-7-13-10(14(8)9)5-2-6-11(15)16/h1,3-4,7H,2,5-6H2,(H,15,16). The predicted octanol–water partition coefficient (Wildman–Crippen LogP) is 2.50. The van der Waals surface area contributed by atoms with Gasteiger partial charge < -0.3 is 5.11 Å². The molecule has 0 radical (unpaired) electrons. The number of hydrogen-bond donors (Lipinski definition) is 1. The highest BCUT2D eigenvalue weighted by molar-refractivity contribution is 9.10. The van der Waals surface area contributed by atoms with Crippen molar-refractivity contribution in [1.29, 1.82) is 0 Å². The molecular formula is C11H11BrN2O2. The highest BCUT2D eigenvalue weighted by atomic mass is 79.9. The molecule has 16 heavy (non-hydrogen) atoms. The fourth-order valence-corrected chi connectivity index (χ4v) is 2.21. The molecule has 0 spiro atoms. The van der Waals surface area contributed by atoms with E-state index < -0.39 is 5.97 Å². The average Bonchev–Trinajstić information content (AvgIpc) is 2.62. The van der Waals surface area contributed by atoms with Gasteiger partial charge in [0, 0.05) is 12.8 Å². The van der Waals surface area contributed by atoms with Crippen molar-refractivity contribution in [3.8, 4) is 0 Å². The van der Waals surface area contributed by atoms with Crippen molar-refractivity contribution >= 4 is 27.4 Å². The third kappa shape index (κ3) is 2.24. The fraction of sp³-hybridized carbons (Fsp3) is 0.273. The first-order chi connectivity index (χ1) is 7.68. The first kappa shape index (κ1) is 11.1. The molecule has 2 aromatic heterocycles. The van der Waals surface area contributed by atoms with Gasteiger partial charge in [0.05, 0.1) is 16.3 Å². The number of pyridine rings is 1. The van der Waals surface area contributed by atoms with Gasteiger partial charge in [0.15, 0.2) is 0 Å². The molecule has 5 heteroatoms. The van der Waals surface area contributed by atoms with Crippen LogP contribution in [0, 0.1) is 0 Å². The first-order valence-corrected chi connectivity index (χ1v) is 5.80. The van der Waals surface area contributed by atoms with E-state index in [-0.39, 0.29) is 6.42 Å². The lowest BCUT2D eigenvalue weighted by molar-refractivity contribution is -0.137. The minimum atomic E-state index is -0.764. The summed E-state index contributed by atoms with van der Waals surface area (Å²) in [4.78, 5) is 14.7. The lowest BCUT2D eigenvalue weighted by atomic mass is 10.2. The minimum Gasteiger partial charge on any atom is -0.481 e. The number of carbonyl (C=O) groups is 1. The largest absolute Gasteiger partial charge is 0.481 e. The maximum atomic E-state index is 10.4. The van der Waals surface area contributed by atoms with Crippen molar-refractivity contribution in [2.75, 3.05) is 0 Å².